The van der Waals surface area contributed by atoms with Crippen LogP contribution in [0.25, 0.3) is 0 Å². The van der Waals surface area contributed by atoms with Crippen molar-refractivity contribution in [1.82, 2.24) is 5.32 Å². The molecule has 2 aromatic rings. The second kappa shape index (κ2) is 9.87. The Morgan fingerprint density at radius 3 is 1.90 bits per heavy atom. The van der Waals surface area contributed by atoms with Crippen molar-refractivity contribution in [3.05, 3.63) is 71.8 Å². The van der Waals surface area contributed by atoms with Crippen LogP contribution in [0.1, 0.15) is 38.3 Å². The van der Waals surface area contributed by atoms with Gasteiger partial charge in [0.25, 0.3) is 0 Å². The first-order valence-electron chi connectivity index (χ1n) is 9.67. The fourth-order valence-electron chi connectivity index (χ4n) is 3.35. The first kappa shape index (κ1) is 22.1. The molecule has 2 amide bonds. The molecule has 0 aliphatic rings. The number of benzene rings is 2. The van der Waals surface area contributed by atoms with Crippen LogP contribution in [-0.4, -0.2) is 30.4 Å². The number of carbonyl (C=O) groups is 3. The maximum absolute atomic E-state index is 13.5. The van der Waals surface area contributed by atoms with E-state index in [0.717, 1.165) is 11.1 Å². The molecule has 0 aromatic heterocycles. The van der Waals surface area contributed by atoms with Gasteiger partial charge in [-0.1, -0.05) is 67.6 Å². The van der Waals surface area contributed by atoms with E-state index in [-0.39, 0.29) is 18.9 Å². The SMILES string of the molecule is CCOC(=O)C[C@@H](C)[C@H](NC(=O)C(C)(c1ccccc1)c1ccccc1)C(N)=O. The van der Waals surface area contributed by atoms with Crippen molar-refractivity contribution in [3.8, 4) is 0 Å². The minimum absolute atomic E-state index is 0.0187. The number of nitrogens with two attached hydrogens (primary N) is 1. The quantitative estimate of drug-likeness (QED) is 0.637. The molecule has 0 aliphatic heterocycles. The smallest absolute Gasteiger partial charge is 0.306 e. The molecule has 0 heterocycles. The van der Waals surface area contributed by atoms with Crippen molar-refractivity contribution in [2.24, 2.45) is 11.7 Å². The van der Waals surface area contributed by atoms with Gasteiger partial charge in [-0.3, -0.25) is 14.4 Å². The number of rotatable bonds is 9. The van der Waals surface area contributed by atoms with Crippen molar-refractivity contribution in [2.75, 3.05) is 6.61 Å². The van der Waals surface area contributed by atoms with E-state index < -0.39 is 29.3 Å². The summed E-state index contributed by atoms with van der Waals surface area (Å²) in [5.74, 6) is -2.01. The molecule has 0 spiro atoms. The molecule has 0 saturated heterocycles. The van der Waals surface area contributed by atoms with Crippen LogP contribution in [0.15, 0.2) is 60.7 Å². The topological polar surface area (TPSA) is 98.5 Å². The zero-order valence-corrected chi connectivity index (χ0v) is 17.1. The standard InChI is InChI=1S/C23H28N2O4/c1-4-29-19(26)15-16(2)20(21(24)27)25-22(28)23(3,17-11-7-5-8-12-17)18-13-9-6-10-14-18/h5-14,16,20H,4,15H2,1-3H3,(H2,24,27)(H,25,28)/t16-,20+/m1/s1. The molecular formula is C23H28N2O4. The number of hydrogen-bond donors (Lipinski definition) is 2. The first-order chi connectivity index (χ1) is 13.8. The highest BCUT2D eigenvalue weighted by molar-refractivity contribution is 5.95. The van der Waals surface area contributed by atoms with Crippen LogP contribution in [0.2, 0.25) is 0 Å². The van der Waals surface area contributed by atoms with E-state index in [2.05, 4.69) is 5.32 Å². The molecular weight excluding hydrogens is 368 g/mol. The molecule has 0 aliphatic carbocycles. The van der Waals surface area contributed by atoms with Crippen molar-refractivity contribution in [1.29, 1.82) is 0 Å². The number of primary amides is 1. The van der Waals surface area contributed by atoms with E-state index in [0.29, 0.717) is 0 Å². The van der Waals surface area contributed by atoms with E-state index in [1.165, 1.54) is 0 Å². The van der Waals surface area contributed by atoms with E-state index in [1.807, 2.05) is 60.7 Å². The minimum atomic E-state index is -1.04. The number of esters is 1. The summed E-state index contributed by atoms with van der Waals surface area (Å²) in [4.78, 5) is 37.4. The van der Waals surface area contributed by atoms with Gasteiger partial charge in [0.2, 0.25) is 11.8 Å². The normalized spacial score (nSPS) is 13.2. The van der Waals surface area contributed by atoms with E-state index in [9.17, 15) is 14.4 Å². The summed E-state index contributed by atoms with van der Waals surface area (Å²) in [5.41, 5.74) is 6.07. The molecule has 2 atom stereocenters. The number of nitrogens with one attached hydrogen (secondary N) is 1. The number of carbonyl (C=O) groups excluding carboxylic acids is 3. The number of ether oxygens (including phenoxy) is 1. The molecule has 0 radical (unpaired) electrons. The fraction of sp³-hybridized carbons (Fsp3) is 0.348. The van der Waals surface area contributed by atoms with Crippen molar-refractivity contribution >= 4 is 17.8 Å². The van der Waals surface area contributed by atoms with Crippen molar-refractivity contribution in [2.45, 2.75) is 38.6 Å². The monoisotopic (exact) mass is 396 g/mol. The predicted molar refractivity (Wildman–Crippen MR) is 111 cm³/mol. The van der Waals surface area contributed by atoms with E-state index >= 15 is 0 Å². The lowest BCUT2D eigenvalue weighted by Gasteiger charge is -2.32. The molecule has 0 bridgehead atoms. The lowest BCUT2D eigenvalue weighted by Crippen LogP contribution is -2.54. The molecule has 2 aromatic carbocycles. The van der Waals surface area contributed by atoms with E-state index in [1.54, 1.807) is 20.8 Å². The summed E-state index contributed by atoms with van der Waals surface area (Å²) in [6.45, 7) is 5.45. The maximum Gasteiger partial charge on any atom is 0.306 e. The third-order valence-electron chi connectivity index (χ3n) is 5.11. The summed E-state index contributed by atoms with van der Waals surface area (Å²) in [6.07, 6.45) is -0.0187. The summed E-state index contributed by atoms with van der Waals surface area (Å²) < 4.78 is 4.95. The molecule has 6 heteroatoms. The average Bonchev–Trinajstić information content (AvgIpc) is 2.72. The third kappa shape index (κ3) is 5.22. The fourth-order valence-corrected chi connectivity index (χ4v) is 3.35. The van der Waals surface area contributed by atoms with Crippen molar-refractivity contribution < 1.29 is 19.1 Å². The van der Waals surface area contributed by atoms with Crippen LogP contribution < -0.4 is 11.1 Å². The molecule has 2 rings (SSSR count). The molecule has 3 N–H and O–H groups in total. The Hall–Kier alpha value is -3.15. The summed E-state index contributed by atoms with van der Waals surface area (Å²) in [7, 11) is 0. The summed E-state index contributed by atoms with van der Waals surface area (Å²) >= 11 is 0. The second-order valence-electron chi connectivity index (χ2n) is 7.20. The van der Waals surface area contributed by atoms with Gasteiger partial charge >= 0.3 is 5.97 Å². The Morgan fingerprint density at radius 1 is 1.00 bits per heavy atom. The van der Waals surface area contributed by atoms with Crippen LogP contribution in [-0.2, 0) is 24.5 Å². The van der Waals surface area contributed by atoms with Gasteiger partial charge in [-0.25, -0.2) is 0 Å². The average molecular weight is 396 g/mol. The lowest BCUT2D eigenvalue weighted by molar-refractivity contribution is -0.145. The Bertz CT molecular complexity index is 797. The summed E-state index contributed by atoms with van der Waals surface area (Å²) in [5, 5.41) is 2.78. The Morgan fingerprint density at radius 2 is 1.48 bits per heavy atom. The van der Waals surface area contributed by atoms with Gasteiger partial charge in [-0.2, -0.15) is 0 Å². The van der Waals surface area contributed by atoms with Crippen LogP contribution in [0.5, 0.6) is 0 Å². The highest BCUT2D eigenvalue weighted by Gasteiger charge is 2.39. The van der Waals surface area contributed by atoms with Crippen LogP contribution in [0.4, 0.5) is 0 Å². The first-order valence-corrected chi connectivity index (χ1v) is 9.67. The minimum Gasteiger partial charge on any atom is -0.466 e. The van der Waals surface area contributed by atoms with Gasteiger partial charge in [0.05, 0.1) is 18.4 Å². The Balaban J connectivity index is 2.35. The lowest BCUT2D eigenvalue weighted by atomic mass is 9.75. The zero-order valence-electron chi connectivity index (χ0n) is 17.1. The zero-order chi connectivity index (χ0) is 21.4. The molecule has 29 heavy (non-hydrogen) atoms. The molecule has 0 unspecified atom stereocenters. The van der Waals surface area contributed by atoms with E-state index in [4.69, 9.17) is 10.5 Å². The number of hydrogen-bond acceptors (Lipinski definition) is 4. The highest BCUT2D eigenvalue weighted by Crippen LogP contribution is 2.32. The summed E-state index contributed by atoms with van der Waals surface area (Å²) in [6, 6.07) is 17.7. The highest BCUT2D eigenvalue weighted by atomic mass is 16.5. The van der Waals surface area contributed by atoms with Crippen LogP contribution in [0, 0.1) is 5.92 Å². The predicted octanol–water partition coefficient (Wildman–Crippen LogP) is 2.55. The van der Waals surface area contributed by atoms with Gasteiger partial charge in [0.15, 0.2) is 0 Å². The Labute approximate surface area is 171 Å². The van der Waals surface area contributed by atoms with Crippen molar-refractivity contribution in [3.63, 3.8) is 0 Å². The van der Waals surface area contributed by atoms with Crippen LogP contribution in [0.3, 0.4) is 0 Å². The van der Waals surface area contributed by atoms with Gasteiger partial charge in [0, 0.05) is 0 Å². The number of amides is 2. The molecule has 154 valence electrons. The Kier molecular flexibility index (Phi) is 7.53. The largest absolute Gasteiger partial charge is 0.466 e. The van der Waals surface area contributed by atoms with Gasteiger partial charge in [-0.05, 0) is 30.9 Å². The molecule has 6 nitrogen and oxygen atoms in total. The second-order valence-corrected chi connectivity index (χ2v) is 7.20. The maximum atomic E-state index is 13.5. The molecule has 0 fully saturated rings. The van der Waals surface area contributed by atoms with Crippen LogP contribution >= 0.6 is 0 Å². The van der Waals surface area contributed by atoms with Gasteiger partial charge in [0.1, 0.15) is 6.04 Å². The third-order valence-corrected chi connectivity index (χ3v) is 5.11. The van der Waals surface area contributed by atoms with Gasteiger partial charge < -0.3 is 15.8 Å². The molecule has 0 saturated carbocycles. The van der Waals surface area contributed by atoms with Gasteiger partial charge in [-0.15, -0.1) is 0 Å².